The molecule has 2 N–H and O–H groups in total. The lowest BCUT2D eigenvalue weighted by Gasteiger charge is -2.21. The number of para-hydroxylation sites is 2. The van der Waals surface area contributed by atoms with Crippen LogP contribution in [0.3, 0.4) is 0 Å². The predicted molar refractivity (Wildman–Crippen MR) is 113 cm³/mol. The molecule has 3 heterocycles. The second-order valence-electron chi connectivity index (χ2n) is 6.71. The number of aromatic amines is 1. The third-order valence-electron chi connectivity index (χ3n) is 5.03. The Bertz CT molecular complexity index is 1290. The van der Waals surface area contributed by atoms with Gasteiger partial charge >= 0.3 is 0 Å². The van der Waals surface area contributed by atoms with Gasteiger partial charge in [-0.2, -0.15) is 0 Å². The van der Waals surface area contributed by atoms with Crippen LogP contribution in [0.1, 0.15) is 0 Å². The van der Waals surface area contributed by atoms with E-state index >= 15 is 0 Å². The molecule has 0 aliphatic carbocycles. The minimum atomic E-state index is 0.124. The Balaban J connectivity index is 1.79. The number of H-pyrrole nitrogens is 1. The van der Waals surface area contributed by atoms with E-state index < -0.39 is 0 Å². The normalized spacial score (nSPS) is 11.2. The first-order chi connectivity index (χ1) is 13.7. The van der Waals surface area contributed by atoms with E-state index in [2.05, 4.69) is 20.9 Å². The van der Waals surface area contributed by atoms with Gasteiger partial charge < -0.3 is 15.0 Å². The second-order valence-corrected chi connectivity index (χ2v) is 6.71. The van der Waals surface area contributed by atoms with E-state index in [0.29, 0.717) is 5.56 Å². The molecular formula is C23H18N4O. The van der Waals surface area contributed by atoms with Crippen molar-refractivity contribution in [2.45, 2.75) is 0 Å². The predicted octanol–water partition coefficient (Wildman–Crippen LogP) is 5.25. The van der Waals surface area contributed by atoms with Crippen LogP contribution in [-0.2, 0) is 0 Å². The van der Waals surface area contributed by atoms with Crippen LogP contribution in [0.4, 0.5) is 11.4 Å². The van der Waals surface area contributed by atoms with Gasteiger partial charge in [-0.05, 0) is 30.3 Å². The van der Waals surface area contributed by atoms with Crippen LogP contribution in [0.5, 0.6) is 5.88 Å². The van der Waals surface area contributed by atoms with Gasteiger partial charge in [0.25, 0.3) is 0 Å². The maximum absolute atomic E-state index is 10.6. The molecule has 3 aromatic heterocycles. The molecule has 0 aliphatic rings. The number of fused-ring (bicyclic) bond motifs is 2. The van der Waals surface area contributed by atoms with Crippen molar-refractivity contribution in [1.29, 1.82) is 0 Å². The average Bonchev–Trinajstić information content (AvgIpc) is 3.08. The molecule has 5 aromatic rings. The van der Waals surface area contributed by atoms with Crippen molar-refractivity contribution in [3.8, 4) is 17.1 Å². The molecule has 0 atom stereocenters. The van der Waals surface area contributed by atoms with E-state index in [1.54, 1.807) is 6.20 Å². The van der Waals surface area contributed by atoms with Crippen molar-refractivity contribution in [3.63, 3.8) is 0 Å². The number of pyridine rings is 2. The molecule has 5 heteroatoms. The number of nitrogens with zero attached hydrogens (tertiary/aromatic N) is 3. The summed E-state index contributed by atoms with van der Waals surface area (Å²) in [5.41, 5.74) is 5.16. The van der Waals surface area contributed by atoms with Gasteiger partial charge in [0.2, 0.25) is 0 Å². The van der Waals surface area contributed by atoms with E-state index in [4.69, 9.17) is 4.98 Å². The molecule has 0 radical (unpaired) electrons. The summed E-state index contributed by atoms with van der Waals surface area (Å²) >= 11 is 0. The van der Waals surface area contributed by atoms with E-state index in [0.717, 1.165) is 38.9 Å². The topological polar surface area (TPSA) is 65.0 Å². The fourth-order valence-corrected chi connectivity index (χ4v) is 3.64. The molecule has 0 fully saturated rings. The molecule has 0 spiro atoms. The zero-order valence-corrected chi connectivity index (χ0v) is 15.3. The zero-order chi connectivity index (χ0) is 19.1. The van der Waals surface area contributed by atoms with Crippen LogP contribution in [0.25, 0.3) is 33.1 Å². The first-order valence-electron chi connectivity index (χ1n) is 9.06. The summed E-state index contributed by atoms with van der Waals surface area (Å²) in [5, 5.41) is 12.6. The fourth-order valence-electron chi connectivity index (χ4n) is 3.64. The quantitative estimate of drug-likeness (QED) is 0.458. The largest absolute Gasteiger partial charge is 0.494 e. The van der Waals surface area contributed by atoms with Gasteiger partial charge in [-0.1, -0.05) is 36.4 Å². The van der Waals surface area contributed by atoms with Crippen molar-refractivity contribution in [2.75, 3.05) is 11.9 Å². The number of benzene rings is 2. The standard InChI is InChI=1S/C23H18N4O/c1-27(15-7-6-12-24-14-15)21-13-20(25-18-10-4-2-8-16(18)21)22-17-9-3-5-11-19(17)26-23(22)28/h2-14,26,28H,1H3. The summed E-state index contributed by atoms with van der Waals surface area (Å²) in [6, 6.07) is 21.8. The molecular weight excluding hydrogens is 348 g/mol. The van der Waals surface area contributed by atoms with Gasteiger partial charge in [0.05, 0.1) is 34.3 Å². The highest BCUT2D eigenvalue weighted by atomic mass is 16.3. The van der Waals surface area contributed by atoms with Crippen molar-refractivity contribution in [1.82, 2.24) is 15.0 Å². The summed E-state index contributed by atoms with van der Waals surface area (Å²) in [4.78, 5) is 14.2. The van der Waals surface area contributed by atoms with Crippen molar-refractivity contribution in [3.05, 3.63) is 79.1 Å². The number of aromatic hydroxyl groups is 1. The summed E-state index contributed by atoms with van der Waals surface area (Å²) in [6.45, 7) is 0. The molecule has 0 saturated heterocycles. The average molecular weight is 366 g/mol. The lowest BCUT2D eigenvalue weighted by atomic mass is 10.1. The number of aromatic nitrogens is 3. The number of anilines is 2. The summed E-state index contributed by atoms with van der Waals surface area (Å²) in [5.74, 6) is 0.124. The molecule has 0 saturated carbocycles. The van der Waals surface area contributed by atoms with Gasteiger partial charge in [0.1, 0.15) is 0 Å². The maximum Gasteiger partial charge on any atom is 0.199 e. The Kier molecular flexibility index (Phi) is 3.72. The smallest absolute Gasteiger partial charge is 0.199 e. The number of hydrogen-bond acceptors (Lipinski definition) is 4. The van der Waals surface area contributed by atoms with E-state index in [-0.39, 0.29) is 5.88 Å². The van der Waals surface area contributed by atoms with Gasteiger partial charge in [-0.3, -0.25) is 4.98 Å². The summed E-state index contributed by atoms with van der Waals surface area (Å²) in [7, 11) is 2.01. The molecule has 5 rings (SSSR count). The Hall–Kier alpha value is -3.86. The lowest BCUT2D eigenvalue weighted by Crippen LogP contribution is -2.10. The molecule has 5 nitrogen and oxygen atoms in total. The van der Waals surface area contributed by atoms with E-state index in [1.165, 1.54) is 0 Å². The minimum absolute atomic E-state index is 0.124. The van der Waals surface area contributed by atoms with E-state index in [1.807, 2.05) is 73.9 Å². The third kappa shape index (κ3) is 2.56. The van der Waals surface area contributed by atoms with Crippen LogP contribution < -0.4 is 4.90 Å². The summed E-state index contributed by atoms with van der Waals surface area (Å²) < 4.78 is 0. The molecule has 136 valence electrons. The second kappa shape index (κ2) is 6.39. The highest BCUT2D eigenvalue weighted by molar-refractivity contribution is 6.02. The van der Waals surface area contributed by atoms with Gasteiger partial charge in [-0.25, -0.2) is 4.98 Å². The van der Waals surface area contributed by atoms with Crippen LogP contribution in [0.15, 0.2) is 79.1 Å². The molecule has 0 aliphatic heterocycles. The SMILES string of the molecule is CN(c1cccnc1)c1cc(-c2c(O)[nH]c3ccccc23)nc2ccccc12. The Morgan fingerprint density at radius 3 is 2.54 bits per heavy atom. The number of nitrogens with one attached hydrogen (secondary N) is 1. The van der Waals surface area contributed by atoms with E-state index in [9.17, 15) is 5.11 Å². The van der Waals surface area contributed by atoms with Gasteiger partial charge in [0.15, 0.2) is 5.88 Å². The van der Waals surface area contributed by atoms with Crippen molar-refractivity contribution >= 4 is 33.2 Å². The maximum atomic E-state index is 10.6. The molecule has 0 unspecified atom stereocenters. The first kappa shape index (κ1) is 16.3. The first-order valence-corrected chi connectivity index (χ1v) is 9.06. The Morgan fingerprint density at radius 2 is 1.71 bits per heavy atom. The number of hydrogen-bond donors (Lipinski definition) is 2. The van der Waals surface area contributed by atoms with Gasteiger partial charge in [-0.15, -0.1) is 0 Å². The molecule has 0 amide bonds. The highest BCUT2D eigenvalue weighted by Crippen LogP contribution is 2.39. The molecule has 28 heavy (non-hydrogen) atoms. The van der Waals surface area contributed by atoms with Crippen LogP contribution >= 0.6 is 0 Å². The molecule has 2 aromatic carbocycles. The third-order valence-corrected chi connectivity index (χ3v) is 5.03. The zero-order valence-electron chi connectivity index (χ0n) is 15.3. The monoisotopic (exact) mass is 366 g/mol. The molecule has 0 bridgehead atoms. The Morgan fingerprint density at radius 1 is 0.929 bits per heavy atom. The minimum Gasteiger partial charge on any atom is -0.494 e. The van der Waals surface area contributed by atoms with Crippen LogP contribution in [0, 0.1) is 0 Å². The summed E-state index contributed by atoms with van der Waals surface area (Å²) in [6.07, 6.45) is 3.59. The van der Waals surface area contributed by atoms with Crippen LogP contribution in [0.2, 0.25) is 0 Å². The fraction of sp³-hybridized carbons (Fsp3) is 0.0435. The van der Waals surface area contributed by atoms with Crippen molar-refractivity contribution in [2.24, 2.45) is 0 Å². The lowest BCUT2D eigenvalue weighted by molar-refractivity contribution is 0.460. The van der Waals surface area contributed by atoms with Crippen LogP contribution in [-0.4, -0.2) is 27.1 Å². The van der Waals surface area contributed by atoms with Crippen molar-refractivity contribution < 1.29 is 5.11 Å². The van der Waals surface area contributed by atoms with Gasteiger partial charge in [0, 0.05) is 29.5 Å². The highest BCUT2D eigenvalue weighted by Gasteiger charge is 2.18. The number of rotatable bonds is 3. The Labute approximate surface area is 161 Å².